The highest BCUT2D eigenvalue weighted by atomic mass is 32.1. The maximum atomic E-state index is 5.42. The summed E-state index contributed by atoms with van der Waals surface area (Å²) in [5, 5.41) is 3.31. The summed E-state index contributed by atoms with van der Waals surface area (Å²) >= 11 is 5.42. The standard InChI is InChI=1S/C15H17N3O2S/c1-19-10-5-9(6-11(7-10)20-2)14-17-13-3-4-16-8-12(13)15(21)18-14/h5-7,16H,3-4,8H2,1-2H3,(H,17,18,21). The van der Waals surface area contributed by atoms with Gasteiger partial charge in [0, 0.05) is 42.4 Å². The van der Waals surface area contributed by atoms with Gasteiger partial charge in [0.2, 0.25) is 0 Å². The number of hydrogen-bond donors (Lipinski definition) is 2. The summed E-state index contributed by atoms with van der Waals surface area (Å²) in [6.45, 7) is 1.72. The Morgan fingerprint density at radius 3 is 2.52 bits per heavy atom. The molecule has 0 saturated carbocycles. The number of aromatic nitrogens is 2. The predicted octanol–water partition coefficient (Wildman–Crippen LogP) is 2.47. The largest absolute Gasteiger partial charge is 0.497 e. The molecule has 1 aromatic heterocycles. The Kier molecular flexibility index (Phi) is 3.90. The lowest BCUT2D eigenvalue weighted by atomic mass is 10.1. The van der Waals surface area contributed by atoms with Crippen LogP contribution >= 0.6 is 12.2 Å². The molecule has 0 fully saturated rings. The Balaban J connectivity index is 2.12. The number of ether oxygens (including phenoxy) is 2. The van der Waals surface area contributed by atoms with Gasteiger partial charge in [-0.05, 0) is 12.1 Å². The van der Waals surface area contributed by atoms with Crippen LogP contribution in [0.5, 0.6) is 11.5 Å². The number of nitrogens with one attached hydrogen (secondary N) is 2. The van der Waals surface area contributed by atoms with Crippen molar-refractivity contribution in [3.63, 3.8) is 0 Å². The van der Waals surface area contributed by atoms with Crippen molar-refractivity contribution >= 4 is 12.2 Å². The second kappa shape index (κ2) is 5.83. The first kappa shape index (κ1) is 14.0. The van der Waals surface area contributed by atoms with E-state index in [0.717, 1.165) is 53.7 Å². The van der Waals surface area contributed by atoms with Gasteiger partial charge in [-0.3, -0.25) is 0 Å². The Morgan fingerprint density at radius 1 is 1.14 bits per heavy atom. The van der Waals surface area contributed by atoms with Crippen molar-refractivity contribution in [2.75, 3.05) is 20.8 Å². The lowest BCUT2D eigenvalue weighted by Crippen LogP contribution is -2.25. The Labute approximate surface area is 128 Å². The van der Waals surface area contributed by atoms with Crippen LogP contribution in [0.25, 0.3) is 11.4 Å². The maximum absolute atomic E-state index is 5.42. The molecule has 2 N–H and O–H groups in total. The van der Waals surface area contributed by atoms with Crippen LogP contribution in [0.3, 0.4) is 0 Å². The van der Waals surface area contributed by atoms with Crippen LogP contribution in [0.1, 0.15) is 11.3 Å². The van der Waals surface area contributed by atoms with E-state index < -0.39 is 0 Å². The van der Waals surface area contributed by atoms with Crippen LogP contribution in [0.4, 0.5) is 0 Å². The molecule has 0 aliphatic carbocycles. The second-order valence-electron chi connectivity index (χ2n) is 4.88. The zero-order chi connectivity index (χ0) is 14.8. The van der Waals surface area contributed by atoms with Gasteiger partial charge in [-0.2, -0.15) is 0 Å². The molecule has 0 unspecified atom stereocenters. The van der Waals surface area contributed by atoms with Gasteiger partial charge in [-0.25, -0.2) is 4.98 Å². The molecule has 6 heteroatoms. The van der Waals surface area contributed by atoms with E-state index >= 15 is 0 Å². The Hall–Kier alpha value is -1.92. The molecular weight excluding hydrogens is 286 g/mol. The molecule has 0 amide bonds. The van der Waals surface area contributed by atoms with Gasteiger partial charge in [0.15, 0.2) is 0 Å². The summed E-state index contributed by atoms with van der Waals surface area (Å²) in [5.41, 5.74) is 3.15. The fourth-order valence-electron chi connectivity index (χ4n) is 2.45. The van der Waals surface area contributed by atoms with Crippen molar-refractivity contribution in [3.8, 4) is 22.9 Å². The molecular formula is C15H17N3O2S. The average molecular weight is 303 g/mol. The van der Waals surface area contributed by atoms with Crippen LogP contribution in [0.2, 0.25) is 0 Å². The van der Waals surface area contributed by atoms with Gasteiger partial charge in [-0.1, -0.05) is 12.2 Å². The molecule has 2 aromatic rings. The molecule has 110 valence electrons. The van der Waals surface area contributed by atoms with E-state index in [0.29, 0.717) is 4.64 Å². The van der Waals surface area contributed by atoms with Crippen molar-refractivity contribution < 1.29 is 9.47 Å². The van der Waals surface area contributed by atoms with Crippen LogP contribution in [-0.2, 0) is 13.0 Å². The molecule has 1 aromatic carbocycles. The first-order chi connectivity index (χ1) is 10.2. The SMILES string of the molecule is COc1cc(OC)cc(-c2nc(=S)c3c([nH]2)CCNC3)c1. The number of rotatable bonds is 3. The third kappa shape index (κ3) is 2.77. The lowest BCUT2D eigenvalue weighted by Gasteiger charge is -2.18. The number of fused-ring (bicyclic) bond motifs is 1. The number of nitrogens with zero attached hydrogens (tertiary/aromatic N) is 1. The van der Waals surface area contributed by atoms with Gasteiger partial charge in [0.05, 0.1) is 14.2 Å². The number of H-pyrrole nitrogens is 1. The average Bonchev–Trinajstić information content (AvgIpc) is 2.54. The van der Waals surface area contributed by atoms with Crippen molar-refractivity contribution in [3.05, 3.63) is 34.1 Å². The minimum absolute atomic E-state index is 0.646. The number of hydrogen-bond acceptors (Lipinski definition) is 5. The molecule has 0 radical (unpaired) electrons. The van der Waals surface area contributed by atoms with Crippen LogP contribution < -0.4 is 14.8 Å². The van der Waals surface area contributed by atoms with Gasteiger partial charge < -0.3 is 19.8 Å². The zero-order valence-electron chi connectivity index (χ0n) is 12.0. The van der Waals surface area contributed by atoms with Crippen molar-refractivity contribution in [2.45, 2.75) is 13.0 Å². The van der Waals surface area contributed by atoms with Gasteiger partial charge in [0.1, 0.15) is 22.0 Å². The highest BCUT2D eigenvalue weighted by Crippen LogP contribution is 2.28. The highest BCUT2D eigenvalue weighted by molar-refractivity contribution is 7.71. The van der Waals surface area contributed by atoms with Gasteiger partial charge >= 0.3 is 0 Å². The Bertz CT molecular complexity index is 705. The summed E-state index contributed by atoms with van der Waals surface area (Å²) in [6.07, 6.45) is 0.926. The van der Waals surface area contributed by atoms with Crippen molar-refractivity contribution in [1.29, 1.82) is 0 Å². The molecule has 0 spiro atoms. The van der Waals surface area contributed by atoms with E-state index in [4.69, 9.17) is 21.7 Å². The van der Waals surface area contributed by atoms with E-state index in [9.17, 15) is 0 Å². The molecule has 3 rings (SSSR count). The number of methoxy groups -OCH3 is 2. The molecule has 21 heavy (non-hydrogen) atoms. The normalized spacial score (nSPS) is 13.6. The molecule has 2 heterocycles. The maximum Gasteiger partial charge on any atom is 0.139 e. The lowest BCUT2D eigenvalue weighted by molar-refractivity contribution is 0.394. The van der Waals surface area contributed by atoms with Crippen LogP contribution in [0.15, 0.2) is 18.2 Å². The molecule has 0 saturated heterocycles. The van der Waals surface area contributed by atoms with Crippen molar-refractivity contribution in [1.82, 2.24) is 15.3 Å². The fraction of sp³-hybridized carbons (Fsp3) is 0.333. The highest BCUT2D eigenvalue weighted by Gasteiger charge is 2.14. The van der Waals surface area contributed by atoms with E-state index in [-0.39, 0.29) is 0 Å². The quantitative estimate of drug-likeness (QED) is 0.853. The molecule has 5 nitrogen and oxygen atoms in total. The first-order valence-electron chi connectivity index (χ1n) is 6.77. The predicted molar refractivity (Wildman–Crippen MR) is 83.4 cm³/mol. The summed E-state index contributed by atoms with van der Waals surface area (Å²) < 4.78 is 11.3. The second-order valence-corrected chi connectivity index (χ2v) is 5.26. The summed E-state index contributed by atoms with van der Waals surface area (Å²) in [4.78, 5) is 7.91. The van der Waals surface area contributed by atoms with Crippen LogP contribution in [0, 0.1) is 4.64 Å². The van der Waals surface area contributed by atoms with Crippen LogP contribution in [-0.4, -0.2) is 30.7 Å². The van der Waals surface area contributed by atoms with E-state index in [2.05, 4.69) is 15.3 Å². The monoisotopic (exact) mass is 303 g/mol. The summed E-state index contributed by atoms with van der Waals surface area (Å²) in [6, 6.07) is 5.67. The summed E-state index contributed by atoms with van der Waals surface area (Å²) in [7, 11) is 3.26. The minimum Gasteiger partial charge on any atom is -0.497 e. The Morgan fingerprint density at radius 2 is 1.86 bits per heavy atom. The molecule has 1 aliphatic rings. The third-order valence-electron chi connectivity index (χ3n) is 3.58. The smallest absolute Gasteiger partial charge is 0.139 e. The van der Waals surface area contributed by atoms with E-state index in [1.165, 1.54) is 0 Å². The minimum atomic E-state index is 0.646. The van der Waals surface area contributed by atoms with E-state index in [1.54, 1.807) is 14.2 Å². The zero-order valence-corrected chi connectivity index (χ0v) is 12.8. The van der Waals surface area contributed by atoms with E-state index in [1.807, 2.05) is 18.2 Å². The first-order valence-corrected chi connectivity index (χ1v) is 7.18. The number of aromatic amines is 1. The molecule has 0 bridgehead atoms. The topological polar surface area (TPSA) is 59.2 Å². The third-order valence-corrected chi connectivity index (χ3v) is 3.92. The number of benzene rings is 1. The molecule has 1 aliphatic heterocycles. The fourth-order valence-corrected chi connectivity index (χ4v) is 2.73. The molecule has 0 atom stereocenters. The van der Waals surface area contributed by atoms with Gasteiger partial charge in [0.25, 0.3) is 0 Å². The van der Waals surface area contributed by atoms with Gasteiger partial charge in [-0.15, -0.1) is 0 Å². The van der Waals surface area contributed by atoms with Crippen molar-refractivity contribution in [2.24, 2.45) is 0 Å². The summed E-state index contributed by atoms with van der Waals surface area (Å²) in [5.74, 6) is 2.20.